The molecule has 0 radical (unpaired) electrons. The average Bonchev–Trinajstić information content (AvgIpc) is 3.02. The van der Waals surface area contributed by atoms with Crippen LogP contribution in [-0.2, 0) is 14.4 Å². The second-order valence-electron chi connectivity index (χ2n) is 11.8. The number of hydrogen-bond acceptors (Lipinski definition) is 6. The van der Waals surface area contributed by atoms with Crippen molar-refractivity contribution in [1.82, 2.24) is 4.90 Å². The number of amides is 2. The molecule has 3 atom stereocenters. The molecule has 0 aliphatic carbocycles. The minimum Gasteiger partial charge on any atom is -0.486 e. The van der Waals surface area contributed by atoms with Gasteiger partial charge in [0.25, 0.3) is 0 Å². The van der Waals surface area contributed by atoms with E-state index in [-0.39, 0.29) is 35.4 Å². The highest BCUT2D eigenvalue weighted by Gasteiger charge is 2.41. The lowest BCUT2D eigenvalue weighted by molar-refractivity contribution is -0.146. The first kappa shape index (κ1) is 28.6. The van der Waals surface area contributed by atoms with Crippen molar-refractivity contribution in [3.63, 3.8) is 0 Å². The van der Waals surface area contributed by atoms with E-state index in [2.05, 4.69) is 20.8 Å². The third kappa shape index (κ3) is 6.05. The summed E-state index contributed by atoms with van der Waals surface area (Å²) in [5.74, 6) is -0.537. The molecule has 1 unspecified atom stereocenters. The van der Waals surface area contributed by atoms with Gasteiger partial charge in [-0.1, -0.05) is 44.5 Å². The maximum atomic E-state index is 14.3. The largest absolute Gasteiger partial charge is 0.486 e. The zero-order valence-electron chi connectivity index (χ0n) is 23.0. The molecule has 2 aromatic rings. The van der Waals surface area contributed by atoms with Crippen LogP contribution in [0.4, 0.5) is 5.69 Å². The van der Waals surface area contributed by atoms with Gasteiger partial charge in [-0.05, 0) is 48.1 Å². The van der Waals surface area contributed by atoms with Crippen LogP contribution < -0.4 is 14.4 Å². The van der Waals surface area contributed by atoms with Gasteiger partial charge in [-0.2, -0.15) is 0 Å². The highest BCUT2D eigenvalue weighted by atomic mass is 35.5. The van der Waals surface area contributed by atoms with E-state index in [1.54, 1.807) is 15.9 Å². The SMILES string of the molecule is CC(C)(C)CN1C(=O)[C@H](CC(=O)N2CCCC(C(=O)O)C2)S[C@@H](c2cccc3c2OCCO3)c2cc(Cl)ccc21. The van der Waals surface area contributed by atoms with Gasteiger partial charge in [0, 0.05) is 42.3 Å². The molecule has 10 heteroatoms. The summed E-state index contributed by atoms with van der Waals surface area (Å²) in [5.41, 5.74) is 2.28. The van der Waals surface area contributed by atoms with Gasteiger partial charge in [0.15, 0.2) is 11.5 Å². The first-order valence-corrected chi connectivity index (χ1v) is 15.0. The fraction of sp³-hybridized carbons (Fsp3) is 0.500. The summed E-state index contributed by atoms with van der Waals surface area (Å²) in [6, 6.07) is 11.3. The van der Waals surface area contributed by atoms with Crippen molar-refractivity contribution in [3.8, 4) is 11.5 Å². The predicted molar refractivity (Wildman–Crippen MR) is 155 cm³/mol. The molecule has 8 nitrogen and oxygen atoms in total. The molecule has 5 rings (SSSR count). The number of carbonyl (C=O) groups is 3. The van der Waals surface area contributed by atoms with Crippen molar-refractivity contribution in [2.45, 2.75) is 50.5 Å². The molecule has 2 aromatic carbocycles. The monoisotopic (exact) mass is 586 g/mol. The number of thioether (sulfide) groups is 1. The van der Waals surface area contributed by atoms with Gasteiger partial charge in [0.1, 0.15) is 13.2 Å². The van der Waals surface area contributed by atoms with Crippen LogP contribution in [0, 0.1) is 11.3 Å². The topological polar surface area (TPSA) is 96.4 Å². The van der Waals surface area contributed by atoms with Gasteiger partial charge in [0.05, 0.1) is 16.4 Å². The maximum absolute atomic E-state index is 14.3. The quantitative estimate of drug-likeness (QED) is 0.500. The first-order chi connectivity index (χ1) is 19.0. The molecule has 0 aromatic heterocycles. The number of nitrogens with zero attached hydrogens (tertiary/aromatic N) is 2. The van der Waals surface area contributed by atoms with Gasteiger partial charge < -0.3 is 24.4 Å². The summed E-state index contributed by atoms with van der Waals surface area (Å²) in [4.78, 5) is 42.9. The van der Waals surface area contributed by atoms with Crippen LogP contribution in [0.5, 0.6) is 11.5 Å². The molecule has 0 spiro atoms. The van der Waals surface area contributed by atoms with E-state index in [9.17, 15) is 19.5 Å². The Kier molecular flexibility index (Phi) is 8.25. The van der Waals surface area contributed by atoms with Crippen molar-refractivity contribution in [1.29, 1.82) is 0 Å². The number of anilines is 1. The second-order valence-corrected chi connectivity index (χ2v) is 13.5. The Balaban J connectivity index is 1.56. The van der Waals surface area contributed by atoms with E-state index >= 15 is 0 Å². The molecule has 1 fully saturated rings. The van der Waals surface area contributed by atoms with Crippen LogP contribution in [0.2, 0.25) is 5.02 Å². The number of likely N-dealkylation sites (tertiary alicyclic amines) is 1. The molecule has 1 saturated heterocycles. The number of aliphatic carboxylic acids is 1. The first-order valence-electron chi connectivity index (χ1n) is 13.7. The molecule has 3 aliphatic heterocycles. The van der Waals surface area contributed by atoms with E-state index < -0.39 is 17.1 Å². The normalized spacial score (nSPS) is 22.9. The highest BCUT2D eigenvalue weighted by molar-refractivity contribution is 8.01. The smallest absolute Gasteiger partial charge is 0.308 e. The lowest BCUT2D eigenvalue weighted by Crippen LogP contribution is -2.46. The van der Waals surface area contributed by atoms with E-state index in [1.165, 1.54) is 11.8 Å². The Morgan fingerprint density at radius 3 is 2.65 bits per heavy atom. The number of halogens is 1. The molecule has 40 heavy (non-hydrogen) atoms. The Labute approximate surface area is 243 Å². The van der Waals surface area contributed by atoms with E-state index in [1.807, 2.05) is 30.3 Å². The number of ether oxygens (including phenoxy) is 2. The molecular weight excluding hydrogens is 552 g/mol. The second kappa shape index (κ2) is 11.5. The van der Waals surface area contributed by atoms with Crippen LogP contribution in [0.15, 0.2) is 36.4 Å². The van der Waals surface area contributed by atoms with Gasteiger partial charge in [-0.25, -0.2) is 0 Å². The number of fused-ring (bicyclic) bond motifs is 2. The van der Waals surface area contributed by atoms with Crippen molar-refractivity contribution in [3.05, 3.63) is 52.5 Å². The Hall–Kier alpha value is -2.91. The summed E-state index contributed by atoms with van der Waals surface area (Å²) in [6.45, 7) is 8.21. The third-order valence-corrected chi connectivity index (χ3v) is 9.11. The zero-order valence-corrected chi connectivity index (χ0v) is 24.6. The molecule has 3 heterocycles. The predicted octanol–water partition coefficient (Wildman–Crippen LogP) is 5.41. The van der Waals surface area contributed by atoms with Crippen molar-refractivity contribution < 1.29 is 29.0 Å². The van der Waals surface area contributed by atoms with Crippen LogP contribution in [0.25, 0.3) is 0 Å². The van der Waals surface area contributed by atoms with Gasteiger partial charge in [0.2, 0.25) is 11.8 Å². The van der Waals surface area contributed by atoms with Crippen molar-refractivity contribution in [2.75, 3.05) is 37.7 Å². The van der Waals surface area contributed by atoms with Crippen LogP contribution >= 0.6 is 23.4 Å². The Morgan fingerprint density at radius 2 is 1.90 bits per heavy atom. The summed E-state index contributed by atoms with van der Waals surface area (Å²) in [7, 11) is 0. The number of hydrogen-bond donors (Lipinski definition) is 1. The molecule has 3 aliphatic rings. The fourth-order valence-electron chi connectivity index (χ4n) is 5.58. The molecule has 214 valence electrons. The molecule has 1 N–H and O–H groups in total. The van der Waals surface area contributed by atoms with Gasteiger partial charge in [-0.3, -0.25) is 14.4 Å². The standard InChI is InChI=1S/C30H35ClN2O6S/c1-30(2,3)17-33-22-10-9-19(31)14-21(22)27(20-7-4-8-23-26(20)39-13-12-38-23)40-24(28(33)35)15-25(34)32-11-5-6-18(16-32)29(36)37/h4,7-10,14,18,24,27H,5-6,11-13,15-17H2,1-3H3,(H,36,37)/t18?,24-,27-/m0/s1. The number of piperidine rings is 1. The molecule has 0 bridgehead atoms. The number of para-hydroxylation sites is 1. The number of benzene rings is 2. The third-order valence-electron chi connectivity index (χ3n) is 7.40. The van der Waals surface area contributed by atoms with Crippen LogP contribution in [-0.4, -0.2) is 65.9 Å². The minimum absolute atomic E-state index is 0.0267. The number of carbonyl (C=O) groups excluding carboxylic acids is 2. The maximum Gasteiger partial charge on any atom is 0.308 e. The van der Waals surface area contributed by atoms with Crippen molar-refractivity contribution in [2.24, 2.45) is 11.3 Å². The Bertz CT molecular complexity index is 1310. The minimum atomic E-state index is -0.891. The van der Waals surface area contributed by atoms with Gasteiger partial charge >= 0.3 is 5.97 Å². The molecular formula is C30H35ClN2O6S. The Morgan fingerprint density at radius 1 is 1.12 bits per heavy atom. The zero-order chi connectivity index (χ0) is 28.6. The lowest BCUT2D eigenvalue weighted by Gasteiger charge is -2.33. The van der Waals surface area contributed by atoms with Crippen LogP contribution in [0.3, 0.4) is 0 Å². The van der Waals surface area contributed by atoms with Crippen molar-refractivity contribution >= 4 is 46.8 Å². The molecule has 2 amide bonds. The summed E-state index contributed by atoms with van der Waals surface area (Å²) in [5, 5.41) is 9.02. The fourth-order valence-corrected chi connectivity index (χ4v) is 7.24. The number of rotatable bonds is 5. The number of carboxylic acids is 1. The van der Waals surface area contributed by atoms with Gasteiger partial charge in [-0.15, -0.1) is 11.8 Å². The van der Waals surface area contributed by atoms with E-state index in [0.29, 0.717) is 55.7 Å². The summed E-state index contributed by atoms with van der Waals surface area (Å²) < 4.78 is 11.9. The average molecular weight is 587 g/mol. The highest BCUT2D eigenvalue weighted by Crippen LogP contribution is 2.52. The summed E-state index contributed by atoms with van der Waals surface area (Å²) in [6.07, 6.45) is 1.15. The lowest BCUT2D eigenvalue weighted by atomic mass is 9.94. The number of carboxylic acid groups (broad SMARTS) is 1. The van der Waals surface area contributed by atoms with E-state index in [4.69, 9.17) is 21.1 Å². The molecule has 0 saturated carbocycles. The summed E-state index contributed by atoms with van der Waals surface area (Å²) >= 11 is 7.95. The van der Waals surface area contributed by atoms with Crippen LogP contribution in [0.1, 0.15) is 56.4 Å². The van der Waals surface area contributed by atoms with E-state index in [0.717, 1.165) is 16.8 Å².